The molecule has 1 nitrogen and oxygen atoms in total. The molecule has 0 aromatic heterocycles. The SMILES string of the molecule is CC.CC(C)=CCOC(C)(C)C1CCCCC1C. The highest BCUT2D eigenvalue weighted by Gasteiger charge is 2.35. The second kappa shape index (κ2) is 8.74. The van der Waals surface area contributed by atoms with Crippen molar-refractivity contribution in [1.29, 1.82) is 0 Å². The molecule has 1 heteroatoms. The second-order valence-corrected chi connectivity index (χ2v) is 6.06. The van der Waals surface area contributed by atoms with Gasteiger partial charge in [-0.25, -0.2) is 0 Å². The van der Waals surface area contributed by atoms with Gasteiger partial charge in [0.2, 0.25) is 0 Å². The van der Waals surface area contributed by atoms with Gasteiger partial charge in [-0.15, -0.1) is 0 Å². The third-order valence-electron chi connectivity index (χ3n) is 3.95. The predicted octanol–water partition coefficient (Wildman–Crippen LogP) is 5.60. The summed E-state index contributed by atoms with van der Waals surface area (Å²) >= 11 is 0. The van der Waals surface area contributed by atoms with Crippen LogP contribution in [0.2, 0.25) is 0 Å². The molecule has 0 spiro atoms. The van der Waals surface area contributed by atoms with Gasteiger partial charge in [0.15, 0.2) is 0 Å². The summed E-state index contributed by atoms with van der Waals surface area (Å²) in [5.41, 5.74) is 1.37. The van der Waals surface area contributed by atoms with E-state index in [-0.39, 0.29) is 5.60 Å². The molecule has 0 saturated heterocycles. The van der Waals surface area contributed by atoms with Crippen molar-refractivity contribution < 1.29 is 4.74 Å². The summed E-state index contributed by atoms with van der Waals surface area (Å²) in [6.07, 6.45) is 7.67. The maximum atomic E-state index is 6.07. The van der Waals surface area contributed by atoms with Crippen molar-refractivity contribution in [3.63, 3.8) is 0 Å². The summed E-state index contributed by atoms with van der Waals surface area (Å²) in [6, 6.07) is 0. The molecule has 0 amide bonds. The minimum atomic E-state index is 0.0335. The predicted molar refractivity (Wildman–Crippen MR) is 81.9 cm³/mol. The van der Waals surface area contributed by atoms with Gasteiger partial charge in [0, 0.05) is 0 Å². The second-order valence-electron chi connectivity index (χ2n) is 6.06. The van der Waals surface area contributed by atoms with Crippen molar-refractivity contribution in [2.24, 2.45) is 11.8 Å². The monoisotopic (exact) mass is 254 g/mol. The number of hydrogen-bond donors (Lipinski definition) is 0. The lowest BCUT2D eigenvalue weighted by Gasteiger charge is -2.40. The Bertz CT molecular complexity index is 236. The first-order chi connectivity index (χ1) is 8.43. The van der Waals surface area contributed by atoms with Gasteiger partial charge in [0.25, 0.3) is 0 Å². The van der Waals surface area contributed by atoms with Gasteiger partial charge in [0.05, 0.1) is 12.2 Å². The number of allylic oxidation sites excluding steroid dienone is 1. The van der Waals surface area contributed by atoms with Gasteiger partial charge in [-0.05, 0) is 46.0 Å². The Labute approximate surface area is 115 Å². The maximum Gasteiger partial charge on any atom is 0.0661 e. The molecule has 1 fully saturated rings. The molecule has 0 N–H and O–H groups in total. The average molecular weight is 254 g/mol. The first kappa shape index (κ1) is 17.7. The molecular formula is C17H34O. The lowest BCUT2D eigenvalue weighted by Crippen LogP contribution is -2.40. The van der Waals surface area contributed by atoms with Crippen molar-refractivity contribution >= 4 is 0 Å². The minimum Gasteiger partial charge on any atom is -0.371 e. The highest BCUT2D eigenvalue weighted by Crippen LogP contribution is 2.38. The Morgan fingerprint density at radius 2 is 1.72 bits per heavy atom. The molecule has 108 valence electrons. The van der Waals surface area contributed by atoms with Crippen LogP contribution in [0.5, 0.6) is 0 Å². The first-order valence-corrected chi connectivity index (χ1v) is 7.71. The van der Waals surface area contributed by atoms with Crippen LogP contribution in [-0.2, 0) is 4.74 Å². The van der Waals surface area contributed by atoms with Crippen LogP contribution in [0.15, 0.2) is 11.6 Å². The van der Waals surface area contributed by atoms with E-state index in [9.17, 15) is 0 Å². The lowest BCUT2D eigenvalue weighted by molar-refractivity contribution is -0.0743. The summed E-state index contributed by atoms with van der Waals surface area (Å²) in [5.74, 6) is 1.54. The smallest absolute Gasteiger partial charge is 0.0661 e. The van der Waals surface area contributed by atoms with E-state index in [4.69, 9.17) is 4.74 Å². The molecule has 1 saturated carbocycles. The highest BCUT2D eigenvalue weighted by molar-refractivity contribution is 4.94. The summed E-state index contributed by atoms with van der Waals surface area (Å²) in [4.78, 5) is 0. The molecule has 1 rings (SSSR count). The lowest BCUT2D eigenvalue weighted by atomic mass is 9.72. The van der Waals surface area contributed by atoms with E-state index in [0.29, 0.717) is 0 Å². The van der Waals surface area contributed by atoms with Crippen LogP contribution in [0.3, 0.4) is 0 Å². The number of hydrogen-bond acceptors (Lipinski definition) is 1. The van der Waals surface area contributed by atoms with Crippen LogP contribution in [0.25, 0.3) is 0 Å². The van der Waals surface area contributed by atoms with Crippen LogP contribution >= 0.6 is 0 Å². The van der Waals surface area contributed by atoms with Gasteiger partial charge in [0.1, 0.15) is 0 Å². The molecular weight excluding hydrogens is 220 g/mol. The normalized spacial score (nSPS) is 23.9. The standard InChI is InChI=1S/C15H28O.C2H6/c1-12(2)10-11-16-15(4,5)14-9-7-6-8-13(14)3;1-2/h10,13-14H,6-9,11H2,1-5H3;1-2H3. The number of ether oxygens (including phenoxy) is 1. The minimum absolute atomic E-state index is 0.0335. The van der Waals surface area contributed by atoms with Crippen LogP contribution in [0.4, 0.5) is 0 Å². The largest absolute Gasteiger partial charge is 0.371 e. The zero-order valence-corrected chi connectivity index (χ0v) is 13.7. The molecule has 1 aliphatic carbocycles. The van der Waals surface area contributed by atoms with Gasteiger partial charge in [-0.3, -0.25) is 0 Å². The van der Waals surface area contributed by atoms with Gasteiger partial charge < -0.3 is 4.74 Å². The van der Waals surface area contributed by atoms with E-state index >= 15 is 0 Å². The molecule has 0 bridgehead atoms. The Morgan fingerprint density at radius 1 is 1.17 bits per heavy atom. The van der Waals surface area contributed by atoms with Crippen molar-refractivity contribution in [3.8, 4) is 0 Å². The quantitative estimate of drug-likeness (QED) is 0.593. The fraction of sp³-hybridized carbons (Fsp3) is 0.882. The van der Waals surface area contributed by atoms with E-state index in [2.05, 4.69) is 40.7 Å². The molecule has 0 heterocycles. The van der Waals surface area contributed by atoms with Crippen LogP contribution in [0.1, 0.15) is 74.1 Å². The summed E-state index contributed by atoms with van der Waals surface area (Å²) < 4.78 is 6.07. The van der Waals surface area contributed by atoms with E-state index in [1.54, 1.807) is 0 Å². The van der Waals surface area contributed by atoms with Crippen LogP contribution in [-0.4, -0.2) is 12.2 Å². The summed E-state index contributed by atoms with van der Waals surface area (Å²) in [7, 11) is 0. The van der Waals surface area contributed by atoms with Gasteiger partial charge in [-0.1, -0.05) is 51.7 Å². The van der Waals surface area contributed by atoms with Gasteiger partial charge in [-0.2, -0.15) is 0 Å². The topological polar surface area (TPSA) is 9.23 Å². The zero-order chi connectivity index (χ0) is 14.2. The third kappa shape index (κ3) is 6.04. The third-order valence-corrected chi connectivity index (χ3v) is 3.95. The van der Waals surface area contributed by atoms with Crippen molar-refractivity contribution in [1.82, 2.24) is 0 Å². The molecule has 1 aliphatic rings. The van der Waals surface area contributed by atoms with Crippen LogP contribution in [0, 0.1) is 11.8 Å². The Morgan fingerprint density at radius 3 is 2.22 bits per heavy atom. The highest BCUT2D eigenvalue weighted by atomic mass is 16.5. The van der Waals surface area contributed by atoms with E-state index in [1.165, 1.54) is 31.3 Å². The van der Waals surface area contributed by atoms with E-state index < -0.39 is 0 Å². The molecule has 0 radical (unpaired) electrons. The maximum absolute atomic E-state index is 6.07. The molecule has 0 aromatic rings. The fourth-order valence-electron chi connectivity index (χ4n) is 2.88. The van der Waals surface area contributed by atoms with Gasteiger partial charge >= 0.3 is 0 Å². The zero-order valence-electron chi connectivity index (χ0n) is 13.7. The van der Waals surface area contributed by atoms with Crippen molar-refractivity contribution in [2.45, 2.75) is 79.8 Å². The molecule has 0 aromatic carbocycles. The fourth-order valence-corrected chi connectivity index (χ4v) is 2.88. The van der Waals surface area contributed by atoms with Crippen molar-refractivity contribution in [3.05, 3.63) is 11.6 Å². The first-order valence-electron chi connectivity index (χ1n) is 7.71. The summed E-state index contributed by atoms with van der Waals surface area (Å²) in [5, 5.41) is 0. The molecule has 0 aliphatic heterocycles. The number of rotatable bonds is 4. The molecule has 2 unspecified atom stereocenters. The summed E-state index contributed by atoms with van der Waals surface area (Å²) in [6.45, 7) is 15.9. The molecule has 18 heavy (non-hydrogen) atoms. The Hall–Kier alpha value is -0.300. The van der Waals surface area contributed by atoms with Crippen LogP contribution < -0.4 is 0 Å². The van der Waals surface area contributed by atoms with Crippen molar-refractivity contribution in [2.75, 3.05) is 6.61 Å². The van der Waals surface area contributed by atoms with E-state index in [1.807, 2.05) is 13.8 Å². The Kier molecular flexibility index (Phi) is 8.60. The van der Waals surface area contributed by atoms with E-state index in [0.717, 1.165) is 18.4 Å². The Balaban J connectivity index is 0.00000137. The average Bonchev–Trinajstić information content (AvgIpc) is 2.31. The molecule has 2 atom stereocenters.